The maximum Gasteiger partial charge on any atom is 0.292 e. The van der Waals surface area contributed by atoms with Crippen LogP contribution in [0, 0.1) is 0 Å². The van der Waals surface area contributed by atoms with Crippen LogP contribution in [0.25, 0.3) is 0 Å². The second-order valence-corrected chi connectivity index (χ2v) is 5.16. The smallest absolute Gasteiger partial charge is 0.292 e. The van der Waals surface area contributed by atoms with Crippen LogP contribution in [0.3, 0.4) is 0 Å². The summed E-state index contributed by atoms with van der Waals surface area (Å²) >= 11 is 1.36. The van der Waals surface area contributed by atoms with E-state index in [-0.39, 0.29) is 11.9 Å². The van der Waals surface area contributed by atoms with Crippen molar-refractivity contribution >= 4 is 23.3 Å². The second-order valence-electron chi connectivity index (χ2n) is 4.22. The molecule has 0 unspecified atom stereocenters. The molecule has 0 aliphatic carbocycles. The zero-order chi connectivity index (χ0) is 15.6. The molecule has 116 valence electrons. The van der Waals surface area contributed by atoms with Crippen molar-refractivity contribution in [2.45, 2.75) is 6.54 Å². The summed E-state index contributed by atoms with van der Waals surface area (Å²) in [5.74, 6) is -0.243. The summed E-state index contributed by atoms with van der Waals surface area (Å²) in [6.07, 6.45) is 1.69. The Morgan fingerprint density at radius 3 is 2.91 bits per heavy atom. The number of carbonyl (C=O) groups is 1. The zero-order valence-corrected chi connectivity index (χ0v) is 13.0. The van der Waals surface area contributed by atoms with Crippen LogP contribution in [0.2, 0.25) is 0 Å². The van der Waals surface area contributed by atoms with Crippen molar-refractivity contribution in [2.24, 2.45) is 4.99 Å². The van der Waals surface area contributed by atoms with Crippen molar-refractivity contribution < 1.29 is 14.3 Å². The lowest BCUT2D eigenvalue weighted by Crippen LogP contribution is -2.33. The molecule has 0 aliphatic heterocycles. The van der Waals surface area contributed by atoms with E-state index in [4.69, 9.17) is 9.47 Å². The first kappa shape index (κ1) is 16.1. The fourth-order valence-electron chi connectivity index (χ4n) is 1.55. The summed E-state index contributed by atoms with van der Waals surface area (Å²) in [7, 11) is 1.58. The number of hydrogen-bond acceptors (Lipinski definition) is 6. The lowest BCUT2D eigenvalue weighted by molar-refractivity contribution is 0.0957. The van der Waals surface area contributed by atoms with Gasteiger partial charge in [0.05, 0.1) is 23.7 Å². The predicted molar refractivity (Wildman–Crippen MR) is 85.0 cm³/mol. The maximum atomic E-state index is 12.1. The minimum atomic E-state index is -0.243. The zero-order valence-electron chi connectivity index (χ0n) is 12.2. The molecule has 2 heterocycles. The SMILES string of the molecule is COCCOC(=NCc1ccccn1)NC(=O)c1cccs1. The average Bonchev–Trinajstić information content (AvgIpc) is 3.08. The number of amidine groups is 1. The van der Waals surface area contributed by atoms with Gasteiger partial charge in [0.1, 0.15) is 6.61 Å². The molecule has 2 aromatic rings. The van der Waals surface area contributed by atoms with Gasteiger partial charge in [0.15, 0.2) is 0 Å². The maximum absolute atomic E-state index is 12.1. The molecule has 2 rings (SSSR count). The molecule has 2 aromatic heterocycles. The Hall–Kier alpha value is -2.25. The molecular formula is C15H17N3O3S. The molecule has 1 amide bonds. The molecule has 0 atom stereocenters. The number of carbonyl (C=O) groups excluding carboxylic acids is 1. The highest BCUT2D eigenvalue weighted by Gasteiger charge is 2.10. The normalized spacial score (nSPS) is 11.2. The van der Waals surface area contributed by atoms with Gasteiger partial charge < -0.3 is 9.47 Å². The van der Waals surface area contributed by atoms with Crippen LogP contribution in [0.5, 0.6) is 0 Å². The van der Waals surface area contributed by atoms with Gasteiger partial charge in [-0.05, 0) is 23.6 Å². The first-order chi connectivity index (χ1) is 10.8. The van der Waals surface area contributed by atoms with Gasteiger partial charge in [0.25, 0.3) is 11.9 Å². The molecule has 1 N–H and O–H groups in total. The highest BCUT2D eigenvalue weighted by molar-refractivity contribution is 7.12. The Morgan fingerprint density at radius 1 is 1.32 bits per heavy atom. The average molecular weight is 319 g/mol. The predicted octanol–water partition coefficient (Wildman–Crippen LogP) is 2.09. The van der Waals surface area contributed by atoms with Gasteiger partial charge in [-0.2, -0.15) is 0 Å². The fraction of sp³-hybridized carbons (Fsp3) is 0.267. The molecule has 22 heavy (non-hydrogen) atoms. The van der Waals surface area contributed by atoms with E-state index in [0.29, 0.717) is 24.6 Å². The summed E-state index contributed by atoms with van der Waals surface area (Å²) in [5, 5.41) is 4.50. The van der Waals surface area contributed by atoms with E-state index in [1.165, 1.54) is 11.3 Å². The van der Waals surface area contributed by atoms with E-state index in [9.17, 15) is 4.79 Å². The van der Waals surface area contributed by atoms with E-state index in [2.05, 4.69) is 15.3 Å². The molecule has 7 heteroatoms. The largest absolute Gasteiger partial charge is 0.463 e. The molecule has 0 aliphatic rings. The summed E-state index contributed by atoms with van der Waals surface area (Å²) in [6, 6.07) is 9.30. The summed E-state index contributed by atoms with van der Waals surface area (Å²) in [6.45, 7) is 1.05. The number of nitrogens with zero attached hydrogens (tertiary/aromatic N) is 2. The van der Waals surface area contributed by atoms with Gasteiger partial charge in [-0.25, -0.2) is 4.99 Å². The molecule has 0 bridgehead atoms. The Kier molecular flexibility index (Phi) is 6.53. The van der Waals surface area contributed by atoms with Crippen molar-refractivity contribution in [1.29, 1.82) is 0 Å². The number of amides is 1. The first-order valence-corrected chi connectivity index (χ1v) is 7.58. The number of rotatable bonds is 6. The van der Waals surface area contributed by atoms with Gasteiger partial charge in [-0.1, -0.05) is 12.1 Å². The standard InChI is InChI=1S/C15H17N3O3S/c1-20-8-9-21-15(17-11-12-5-2-3-7-16-12)18-14(19)13-6-4-10-22-13/h2-7,10H,8-9,11H2,1H3,(H,17,18,19). The van der Waals surface area contributed by atoms with Crippen LogP contribution in [-0.4, -0.2) is 37.2 Å². The van der Waals surface area contributed by atoms with E-state index in [0.717, 1.165) is 5.69 Å². The molecule has 0 saturated heterocycles. The van der Waals surface area contributed by atoms with E-state index < -0.39 is 0 Å². The highest BCUT2D eigenvalue weighted by atomic mass is 32.1. The number of methoxy groups -OCH3 is 1. The summed E-state index contributed by atoms with van der Waals surface area (Å²) in [5.41, 5.74) is 0.792. The third kappa shape index (κ3) is 5.27. The highest BCUT2D eigenvalue weighted by Crippen LogP contribution is 2.08. The van der Waals surface area contributed by atoms with Crippen molar-refractivity contribution in [3.63, 3.8) is 0 Å². The van der Waals surface area contributed by atoms with Gasteiger partial charge >= 0.3 is 0 Å². The molecule has 0 aromatic carbocycles. The Bertz CT molecular complexity index is 600. The molecule has 0 saturated carbocycles. The molecule has 0 radical (unpaired) electrons. The monoisotopic (exact) mass is 319 g/mol. The van der Waals surface area contributed by atoms with Gasteiger partial charge in [0.2, 0.25) is 0 Å². The van der Waals surface area contributed by atoms with Gasteiger partial charge in [0, 0.05) is 13.3 Å². The number of aromatic nitrogens is 1. The van der Waals surface area contributed by atoms with Crippen molar-refractivity contribution in [3.05, 3.63) is 52.5 Å². The van der Waals surface area contributed by atoms with Crippen LogP contribution >= 0.6 is 11.3 Å². The summed E-state index contributed by atoms with van der Waals surface area (Å²) < 4.78 is 10.4. The fourth-order valence-corrected chi connectivity index (χ4v) is 2.17. The van der Waals surface area contributed by atoms with Crippen molar-refractivity contribution in [1.82, 2.24) is 10.3 Å². The number of pyridine rings is 1. The Labute approximate surface area is 132 Å². The van der Waals surface area contributed by atoms with Crippen LogP contribution in [-0.2, 0) is 16.0 Å². The quantitative estimate of drug-likeness (QED) is 0.503. The lowest BCUT2D eigenvalue weighted by atomic mass is 10.3. The number of aliphatic imine (C=N–C) groups is 1. The number of nitrogens with one attached hydrogen (secondary N) is 1. The van der Waals surface area contributed by atoms with Crippen molar-refractivity contribution in [3.8, 4) is 0 Å². The topological polar surface area (TPSA) is 72.8 Å². The molecular weight excluding hydrogens is 302 g/mol. The molecule has 0 fully saturated rings. The van der Waals surface area contributed by atoms with Crippen LogP contribution in [0.4, 0.5) is 0 Å². The van der Waals surface area contributed by atoms with Crippen LogP contribution in [0.15, 0.2) is 46.9 Å². The van der Waals surface area contributed by atoms with Gasteiger partial charge in [-0.3, -0.25) is 15.1 Å². The van der Waals surface area contributed by atoms with Gasteiger partial charge in [-0.15, -0.1) is 11.3 Å². The third-order valence-corrected chi connectivity index (χ3v) is 3.47. The van der Waals surface area contributed by atoms with E-state index in [1.54, 1.807) is 19.4 Å². The third-order valence-electron chi connectivity index (χ3n) is 2.60. The van der Waals surface area contributed by atoms with Crippen molar-refractivity contribution in [2.75, 3.05) is 20.3 Å². The minimum Gasteiger partial charge on any atom is -0.463 e. The van der Waals surface area contributed by atoms with Crippen LogP contribution < -0.4 is 5.32 Å². The van der Waals surface area contributed by atoms with E-state index >= 15 is 0 Å². The summed E-state index contributed by atoms with van der Waals surface area (Å²) in [4.78, 5) is 21.1. The number of thiophene rings is 1. The van der Waals surface area contributed by atoms with E-state index in [1.807, 2.05) is 29.6 Å². The second kappa shape index (κ2) is 8.91. The number of hydrogen-bond donors (Lipinski definition) is 1. The molecule has 6 nitrogen and oxygen atoms in total. The Morgan fingerprint density at radius 2 is 2.23 bits per heavy atom. The Balaban J connectivity index is 2.00. The number of ether oxygens (including phenoxy) is 2. The molecule has 0 spiro atoms. The first-order valence-electron chi connectivity index (χ1n) is 6.70. The minimum absolute atomic E-state index is 0.168. The van der Waals surface area contributed by atoms with Crippen LogP contribution in [0.1, 0.15) is 15.4 Å². The lowest BCUT2D eigenvalue weighted by Gasteiger charge is -2.09.